The summed E-state index contributed by atoms with van der Waals surface area (Å²) in [6, 6.07) is 9.09. The van der Waals surface area contributed by atoms with E-state index < -0.39 is 41.9 Å². The van der Waals surface area contributed by atoms with Crippen LogP contribution in [0.15, 0.2) is 55.0 Å². The molecule has 4 aliphatic heterocycles. The van der Waals surface area contributed by atoms with E-state index in [1.54, 1.807) is 28.6 Å². The number of carbonyl (C=O) groups is 4. The van der Waals surface area contributed by atoms with E-state index in [-0.39, 0.29) is 41.7 Å². The number of halogens is 1. The second kappa shape index (κ2) is 19.9. The molecule has 2 aromatic carbocycles. The van der Waals surface area contributed by atoms with Gasteiger partial charge in [0.25, 0.3) is 0 Å². The monoisotopic (exact) mass is 1020 g/mol. The van der Waals surface area contributed by atoms with Gasteiger partial charge in [0.15, 0.2) is 0 Å². The summed E-state index contributed by atoms with van der Waals surface area (Å²) in [5.74, 6) is 0.574. The van der Waals surface area contributed by atoms with Crippen molar-refractivity contribution >= 4 is 46.2 Å². The highest BCUT2D eigenvalue weighted by Crippen LogP contribution is 2.49. The number of hydrogen-bond donors (Lipinski definition) is 4. The highest BCUT2D eigenvalue weighted by molar-refractivity contribution is 7.11. The lowest BCUT2D eigenvalue weighted by atomic mass is 9.82. The third-order valence-corrected chi connectivity index (χ3v) is 16.1. The van der Waals surface area contributed by atoms with Crippen LogP contribution in [0.2, 0.25) is 0 Å². The molecule has 0 aliphatic carbocycles. The molecule has 0 saturated carbocycles. The molecular formula is C53H63FN10O8S. The number of carbonyl (C=O) groups excluding carboxylic acids is 4. The van der Waals surface area contributed by atoms with Gasteiger partial charge in [0.05, 0.1) is 82.3 Å². The number of aromatic nitrogens is 6. The van der Waals surface area contributed by atoms with E-state index in [1.165, 1.54) is 20.3 Å². The lowest BCUT2D eigenvalue weighted by Crippen LogP contribution is -2.54. The van der Waals surface area contributed by atoms with Gasteiger partial charge >= 0.3 is 12.2 Å². The number of rotatable bonds is 12. The molecule has 3 saturated heterocycles. The van der Waals surface area contributed by atoms with Crippen molar-refractivity contribution in [2.45, 2.75) is 122 Å². The lowest BCUT2D eigenvalue weighted by molar-refractivity contribution is -0.139. The minimum atomic E-state index is -0.780. The van der Waals surface area contributed by atoms with Crippen LogP contribution in [-0.4, -0.2) is 115 Å². The van der Waals surface area contributed by atoms with Gasteiger partial charge in [-0.3, -0.25) is 14.2 Å². The van der Waals surface area contributed by atoms with Crippen molar-refractivity contribution in [3.05, 3.63) is 82.3 Å². The fraction of sp³-hybridized carbons (Fsp3) is 0.491. The Balaban J connectivity index is 0.953. The number of hydrogen-bond acceptors (Lipinski definition) is 12. The van der Waals surface area contributed by atoms with Crippen LogP contribution in [-0.2, 0) is 23.8 Å². The minimum Gasteiger partial charge on any atom is -0.464 e. The van der Waals surface area contributed by atoms with Gasteiger partial charge in [-0.2, -0.15) is 0 Å². The lowest BCUT2D eigenvalue weighted by Gasteiger charge is -2.40. The molecule has 10 rings (SSSR count). The Labute approximate surface area is 426 Å². The summed E-state index contributed by atoms with van der Waals surface area (Å²) in [7, 11) is 2.56. The fourth-order valence-electron chi connectivity index (χ4n) is 11.1. The first-order valence-corrected chi connectivity index (χ1v) is 26.0. The number of ether oxygens (including phenoxy) is 4. The number of methoxy groups -OCH3 is 2. The van der Waals surface area contributed by atoms with E-state index in [9.17, 15) is 19.2 Å². The normalized spacial score (nSPS) is 21.2. The number of alkyl carbamates (subject to hydrolysis) is 2. The van der Waals surface area contributed by atoms with Crippen molar-refractivity contribution in [3.63, 3.8) is 0 Å². The summed E-state index contributed by atoms with van der Waals surface area (Å²) >= 11 is 1.56. The third-order valence-electron chi connectivity index (χ3n) is 14.7. The summed E-state index contributed by atoms with van der Waals surface area (Å²) in [5.41, 5.74) is 4.05. The number of nitrogens with one attached hydrogen (secondary N) is 4. The second-order valence-electron chi connectivity index (χ2n) is 20.8. The van der Waals surface area contributed by atoms with E-state index >= 15 is 4.39 Å². The number of thiazole rings is 1. The number of amides is 4. The van der Waals surface area contributed by atoms with E-state index in [2.05, 4.69) is 34.4 Å². The Bertz CT molecular complexity index is 3070. The van der Waals surface area contributed by atoms with Crippen molar-refractivity contribution in [2.75, 3.05) is 33.9 Å². The summed E-state index contributed by atoms with van der Waals surface area (Å²) in [6.07, 6.45) is 7.42. The molecule has 0 spiro atoms. The van der Waals surface area contributed by atoms with Crippen LogP contribution in [0.3, 0.4) is 0 Å². The first kappa shape index (κ1) is 49.8. The zero-order chi connectivity index (χ0) is 51.5. The van der Waals surface area contributed by atoms with Crippen molar-refractivity contribution in [1.82, 2.24) is 49.9 Å². The van der Waals surface area contributed by atoms with Gasteiger partial charge in [0.2, 0.25) is 18.0 Å². The number of fused-ring (bicyclic) bond motifs is 5. The van der Waals surface area contributed by atoms with Gasteiger partial charge < -0.3 is 49.3 Å². The van der Waals surface area contributed by atoms with Gasteiger partial charge in [-0.25, -0.2) is 28.9 Å². The molecular weight excluding hydrogens is 956 g/mol. The zero-order valence-electron chi connectivity index (χ0n) is 42.4. The molecule has 0 radical (unpaired) electrons. The number of imidazole rings is 2. The summed E-state index contributed by atoms with van der Waals surface area (Å²) in [6.45, 7) is 13.4. The van der Waals surface area contributed by atoms with E-state index in [0.29, 0.717) is 85.3 Å². The van der Waals surface area contributed by atoms with Gasteiger partial charge in [-0.1, -0.05) is 33.8 Å². The van der Waals surface area contributed by atoms with Gasteiger partial charge in [-0.05, 0) is 94.5 Å². The summed E-state index contributed by atoms with van der Waals surface area (Å²) in [4.78, 5) is 78.6. The van der Waals surface area contributed by atoms with Crippen LogP contribution in [0, 0.1) is 17.7 Å². The number of likely N-dealkylation sites (tertiary alicyclic amines) is 2. The van der Waals surface area contributed by atoms with Crippen LogP contribution in [0.4, 0.5) is 14.0 Å². The fourth-order valence-corrected chi connectivity index (χ4v) is 12.0. The Kier molecular flexibility index (Phi) is 13.6. The van der Waals surface area contributed by atoms with Crippen LogP contribution < -0.4 is 15.4 Å². The summed E-state index contributed by atoms with van der Waals surface area (Å²) in [5, 5.41) is 7.35. The molecule has 3 unspecified atom stereocenters. The molecule has 20 heteroatoms. The Morgan fingerprint density at radius 2 is 1.48 bits per heavy atom. The van der Waals surface area contributed by atoms with Crippen LogP contribution in [0.5, 0.6) is 5.75 Å². The number of H-pyrrole nitrogens is 2. The second-order valence-corrected chi connectivity index (χ2v) is 21.9. The summed E-state index contributed by atoms with van der Waals surface area (Å²) < 4.78 is 41.6. The van der Waals surface area contributed by atoms with Crippen molar-refractivity contribution in [1.29, 1.82) is 0 Å². The first-order chi connectivity index (χ1) is 35.0. The predicted octanol–water partition coefficient (Wildman–Crippen LogP) is 9.38. The molecule has 6 aromatic rings. The third kappa shape index (κ3) is 9.54. The van der Waals surface area contributed by atoms with Crippen LogP contribution in [0.1, 0.15) is 126 Å². The SMILES string of the molecule is COC(=O)NC(C(=O)N1CCC[C@H]1c1ncc(-c2ccc3c(c2)cc2n3C(c3cnc(C(C)C)s3)Oc3cc(-c4cnc([C@@H]5CCCN5C(=O)[C@@H](NC(=O)OC)C(C)C)[nH]4)cc(F)c3-2)[nH]1)C1CCOC(C)(C)C1. The van der Waals surface area contributed by atoms with Gasteiger partial charge in [0, 0.05) is 48.3 Å². The maximum atomic E-state index is 17.0. The molecule has 386 valence electrons. The largest absolute Gasteiger partial charge is 0.464 e. The molecule has 8 heterocycles. The van der Waals surface area contributed by atoms with Crippen molar-refractivity contribution in [3.8, 4) is 39.5 Å². The molecule has 4 amide bonds. The maximum Gasteiger partial charge on any atom is 0.407 e. The zero-order valence-corrected chi connectivity index (χ0v) is 43.2. The minimum absolute atomic E-state index is 0.134. The quantitative estimate of drug-likeness (QED) is 0.0907. The standard InChI is InChI=1S/C53H63FN10O8S/c1-27(2)43(60-51(67)69-7)48(65)62-16-9-11-37(62)46-56-25-35(59-46)31-20-33(54)42-39-21-32-19-29(13-14-36(32)64(39)50(72-40(42)22-31)41-26-57-47(73-41)28(3)4)34-24-55-45(58-34)38-12-10-17-63(38)49(66)44(61-52(68)70-8)30-15-18-71-53(5,6)23-30/h13-14,19-22,24-28,30,37-38,43-44,50H,9-12,15-18,23H2,1-8H3,(H,55,58)(H,56,59)(H,60,67)(H,61,68)/t30?,37-,38-,43-,44?,50?/m0/s1. The van der Waals surface area contributed by atoms with E-state index in [0.717, 1.165) is 44.9 Å². The van der Waals surface area contributed by atoms with E-state index in [1.807, 2.05) is 73.7 Å². The average Bonchev–Trinajstić information content (AvgIpc) is 4.23. The van der Waals surface area contributed by atoms with Crippen LogP contribution in [0.25, 0.3) is 44.7 Å². The number of nitrogens with zero attached hydrogens (tertiary/aromatic N) is 6. The Hall–Kier alpha value is -6.80. The van der Waals surface area contributed by atoms with Crippen molar-refractivity contribution in [2.24, 2.45) is 11.8 Å². The van der Waals surface area contributed by atoms with Crippen LogP contribution >= 0.6 is 11.3 Å². The van der Waals surface area contributed by atoms with Crippen molar-refractivity contribution < 1.29 is 42.5 Å². The van der Waals surface area contributed by atoms with E-state index in [4.69, 9.17) is 33.9 Å². The average molecular weight is 1020 g/mol. The molecule has 4 aliphatic rings. The molecule has 73 heavy (non-hydrogen) atoms. The predicted molar refractivity (Wildman–Crippen MR) is 271 cm³/mol. The Morgan fingerprint density at radius 1 is 0.822 bits per heavy atom. The van der Waals surface area contributed by atoms with Gasteiger partial charge in [0.1, 0.15) is 35.3 Å². The number of aromatic amines is 2. The Morgan fingerprint density at radius 3 is 2.11 bits per heavy atom. The van der Waals surface area contributed by atoms with Gasteiger partial charge in [-0.15, -0.1) is 11.3 Å². The highest BCUT2D eigenvalue weighted by atomic mass is 32.1. The maximum absolute atomic E-state index is 17.0. The number of benzene rings is 2. The molecule has 6 atom stereocenters. The first-order valence-electron chi connectivity index (χ1n) is 25.2. The molecule has 0 bridgehead atoms. The molecule has 18 nitrogen and oxygen atoms in total. The molecule has 3 fully saturated rings. The molecule has 4 aromatic heterocycles. The topological polar surface area (TPSA) is 211 Å². The molecule has 4 N–H and O–H groups in total. The smallest absolute Gasteiger partial charge is 0.407 e. The highest BCUT2D eigenvalue weighted by Gasteiger charge is 2.43.